The van der Waals surface area contributed by atoms with Crippen LogP contribution in [0.4, 0.5) is 5.69 Å². The number of amides is 1. The lowest BCUT2D eigenvalue weighted by Gasteiger charge is -2.11. The minimum Gasteiger partial charge on any atom is -0.486 e. The van der Waals surface area contributed by atoms with Crippen molar-refractivity contribution in [2.45, 2.75) is 19.4 Å². The molecule has 3 rings (SSSR count). The SMILES string of the molecule is COCc1ccccc1NC(=O)c1ccc(OCC(=O)C2CC2)cc1. The summed E-state index contributed by atoms with van der Waals surface area (Å²) >= 11 is 0. The third kappa shape index (κ3) is 4.67. The zero-order chi connectivity index (χ0) is 17.6. The molecule has 0 bridgehead atoms. The van der Waals surface area contributed by atoms with Gasteiger partial charge in [0.15, 0.2) is 5.78 Å². The molecule has 0 aromatic heterocycles. The van der Waals surface area contributed by atoms with Gasteiger partial charge in [-0.1, -0.05) is 18.2 Å². The lowest BCUT2D eigenvalue weighted by atomic mass is 10.1. The van der Waals surface area contributed by atoms with Crippen molar-refractivity contribution >= 4 is 17.4 Å². The Balaban J connectivity index is 1.59. The highest BCUT2D eigenvalue weighted by Crippen LogP contribution is 2.30. The van der Waals surface area contributed by atoms with E-state index >= 15 is 0 Å². The predicted molar refractivity (Wildman–Crippen MR) is 94.8 cm³/mol. The van der Waals surface area contributed by atoms with Gasteiger partial charge < -0.3 is 14.8 Å². The van der Waals surface area contributed by atoms with Gasteiger partial charge in [-0.3, -0.25) is 9.59 Å². The number of hydrogen-bond donors (Lipinski definition) is 1. The largest absolute Gasteiger partial charge is 0.486 e. The van der Waals surface area contributed by atoms with Crippen LogP contribution in [0.25, 0.3) is 0 Å². The van der Waals surface area contributed by atoms with Gasteiger partial charge in [-0.15, -0.1) is 0 Å². The zero-order valence-corrected chi connectivity index (χ0v) is 14.2. The van der Waals surface area contributed by atoms with E-state index in [4.69, 9.17) is 9.47 Å². The molecule has 1 amide bonds. The highest BCUT2D eigenvalue weighted by Gasteiger charge is 2.29. The summed E-state index contributed by atoms with van der Waals surface area (Å²) in [6, 6.07) is 14.3. The summed E-state index contributed by atoms with van der Waals surface area (Å²) < 4.78 is 10.6. The Bertz CT molecular complexity index is 751. The van der Waals surface area contributed by atoms with E-state index in [1.807, 2.05) is 24.3 Å². The minimum atomic E-state index is -0.204. The molecule has 25 heavy (non-hydrogen) atoms. The average molecular weight is 339 g/mol. The van der Waals surface area contributed by atoms with Crippen LogP contribution < -0.4 is 10.1 Å². The van der Waals surface area contributed by atoms with Gasteiger partial charge in [-0.2, -0.15) is 0 Å². The summed E-state index contributed by atoms with van der Waals surface area (Å²) in [5.41, 5.74) is 2.16. The summed E-state index contributed by atoms with van der Waals surface area (Å²) in [5.74, 6) is 0.725. The maximum atomic E-state index is 12.4. The molecule has 0 heterocycles. The van der Waals surface area contributed by atoms with E-state index in [1.165, 1.54) is 0 Å². The zero-order valence-electron chi connectivity index (χ0n) is 14.2. The van der Waals surface area contributed by atoms with Gasteiger partial charge >= 0.3 is 0 Å². The van der Waals surface area contributed by atoms with E-state index in [-0.39, 0.29) is 24.2 Å². The summed E-state index contributed by atoms with van der Waals surface area (Å²) in [5, 5.41) is 2.89. The lowest BCUT2D eigenvalue weighted by molar-refractivity contribution is -0.122. The van der Waals surface area contributed by atoms with Crippen LogP contribution in [0.1, 0.15) is 28.8 Å². The monoisotopic (exact) mass is 339 g/mol. The Hall–Kier alpha value is -2.66. The number of rotatable bonds is 8. The smallest absolute Gasteiger partial charge is 0.255 e. The van der Waals surface area contributed by atoms with Gasteiger partial charge in [0.2, 0.25) is 0 Å². The quantitative estimate of drug-likeness (QED) is 0.800. The Kier molecular flexibility index (Phi) is 5.46. The van der Waals surface area contributed by atoms with E-state index in [0.29, 0.717) is 17.9 Å². The first-order chi connectivity index (χ1) is 12.2. The van der Waals surface area contributed by atoms with Crippen molar-refractivity contribution in [3.05, 3.63) is 59.7 Å². The van der Waals surface area contributed by atoms with Crippen LogP contribution in [0, 0.1) is 5.92 Å². The van der Waals surface area contributed by atoms with E-state index < -0.39 is 0 Å². The predicted octanol–water partition coefficient (Wildman–Crippen LogP) is 3.44. The molecule has 130 valence electrons. The highest BCUT2D eigenvalue weighted by molar-refractivity contribution is 6.04. The minimum absolute atomic E-state index is 0.0978. The summed E-state index contributed by atoms with van der Waals surface area (Å²) in [6.45, 7) is 0.527. The maximum Gasteiger partial charge on any atom is 0.255 e. The van der Waals surface area contributed by atoms with Crippen molar-refractivity contribution in [1.29, 1.82) is 0 Å². The fraction of sp³-hybridized carbons (Fsp3) is 0.300. The number of ether oxygens (including phenoxy) is 2. The molecule has 0 atom stereocenters. The average Bonchev–Trinajstić information content (AvgIpc) is 3.47. The molecule has 5 heteroatoms. The molecule has 1 N–H and O–H groups in total. The first-order valence-electron chi connectivity index (χ1n) is 8.31. The van der Waals surface area contributed by atoms with Gasteiger partial charge in [0.1, 0.15) is 12.4 Å². The number of Topliss-reactive ketones (excluding diaryl/α,β-unsaturated/α-hetero) is 1. The van der Waals surface area contributed by atoms with Gasteiger partial charge in [-0.05, 0) is 43.2 Å². The molecule has 0 aliphatic heterocycles. The highest BCUT2D eigenvalue weighted by atomic mass is 16.5. The second-order valence-electron chi connectivity index (χ2n) is 6.10. The van der Waals surface area contributed by atoms with E-state index in [9.17, 15) is 9.59 Å². The second-order valence-corrected chi connectivity index (χ2v) is 6.10. The van der Waals surface area contributed by atoms with Crippen LogP contribution in [-0.2, 0) is 16.1 Å². The summed E-state index contributed by atoms with van der Waals surface area (Å²) in [6.07, 6.45) is 1.96. The standard InChI is InChI=1S/C20H21NO4/c1-24-12-16-4-2-3-5-18(16)21-20(23)15-8-10-17(11-9-15)25-13-19(22)14-6-7-14/h2-5,8-11,14H,6-7,12-13H2,1H3,(H,21,23). The number of ketones is 1. The molecular weight excluding hydrogens is 318 g/mol. The molecular formula is C20H21NO4. The Morgan fingerprint density at radius 2 is 1.80 bits per heavy atom. The molecule has 0 radical (unpaired) electrons. The van der Waals surface area contributed by atoms with Crippen LogP contribution in [0.2, 0.25) is 0 Å². The molecule has 1 aliphatic carbocycles. The Labute approximate surface area is 147 Å². The fourth-order valence-electron chi connectivity index (χ4n) is 2.50. The molecule has 0 spiro atoms. The Morgan fingerprint density at radius 1 is 1.08 bits per heavy atom. The Morgan fingerprint density at radius 3 is 2.48 bits per heavy atom. The molecule has 2 aromatic rings. The molecule has 0 unspecified atom stereocenters. The number of methoxy groups -OCH3 is 1. The van der Waals surface area contributed by atoms with Crippen molar-refractivity contribution in [3.63, 3.8) is 0 Å². The normalized spacial score (nSPS) is 13.3. The lowest BCUT2D eigenvalue weighted by Crippen LogP contribution is -2.14. The van der Waals surface area contributed by atoms with Crippen LogP contribution >= 0.6 is 0 Å². The van der Waals surface area contributed by atoms with Crippen LogP contribution in [0.15, 0.2) is 48.5 Å². The third-order valence-corrected chi connectivity index (χ3v) is 4.10. The molecule has 2 aromatic carbocycles. The molecule has 1 aliphatic rings. The van der Waals surface area contributed by atoms with Crippen LogP contribution in [0.5, 0.6) is 5.75 Å². The van der Waals surface area contributed by atoms with Crippen molar-refractivity contribution in [3.8, 4) is 5.75 Å². The molecule has 1 fully saturated rings. The van der Waals surface area contributed by atoms with E-state index in [2.05, 4.69) is 5.32 Å². The van der Waals surface area contributed by atoms with Crippen LogP contribution in [-0.4, -0.2) is 25.4 Å². The number of carbonyl (C=O) groups excluding carboxylic acids is 2. The summed E-state index contributed by atoms with van der Waals surface area (Å²) in [4.78, 5) is 24.0. The van der Waals surface area contributed by atoms with Crippen molar-refractivity contribution < 1.29 is 19.1 Å². The second kappa shape index (κ2) is 7.94. The molecule has 5 nitrogen and oxygen atoms in total. The van der Waals surface area contributed by atoms with Crippen molar-refractivity contribution in [2.75, 3.05) is 19.0 Å². The van der Waals surface area contributed by atoms with E-state index in [0.717, 1.165) is 24.1 Å². The van der Waals surface area contributed by atoms with E-state index in [1.54, 1.807) is 31.4 Å². The van der Waals surface area contributed by atoms with Gasteiger partial charge in [0.25, 0.3) is 5.91 Å². The first kappa shape index (κ1) is 17.2. The number of carbonyl (C=O) groups is 2. The number of nitrogens with one attached hydrogen (secondary N) is 1. The number of anilines is 1. The number of para-hydroxylation sites is 1. The van der Waals surface area contributed by atoms with Gasteiger partial charge in [0, 0.05) is 29.8 Å². The van der Waals surface area contributed by atoms with Gasteiger partial charge in [-0.25, -0.2) is 0 Å². The van der Waals surface area contributed by atoms with Crippen LogP contribution in [0.3, 0.4) is 0 Å². The van der Waals surface area contributed by atoms with Gasteiger partial charge in [0.05, 0.1) is 6.61 Å². The summed E-state index contributed by atoms with van der Waals surface area (Å²) in [7, 11) is 1.62. The number of hydrogen-bond acceptors (Lipinski definition) is 4. The molecule has 0 saturated heterocycles. The fourth-order valence-corrected chi connectivity index (χ4v) is 2.50. The maximum absolute atomic E-state index is 12.4. The topological polar surface area (TPSA) is 64.6 Å². The van der Waals surface area contributed by atoms with Crippen molar-refractivity contribution in [2.24, 2.45) is 5.92 Å². The third-order valence-electron chi connectivity index (χ3n) is 4.10. The molecule has 1 saturated carbocycles. The number of benzene rings is 2. The first-order valence-corrected chi connectivity index (χ1v) is 8.31. The van der Waals surface area contributed by atoms with Crippen molar-refractivity contribution in [1.82, 2.24) is 0 Å².